The SMILES string of the molecule is O=C(NCCNc1cnccn1)c1cccs1. The van der Waals surface area contributed by atoms with Crippen LogP contribution in [-0.2, 0) is 0 Å². The van der Waals surface area contributed by atoms with Crippen molar-refractivity contribution in [1.29, 1.82) is 0 Å². The lowest BCUT2D eigenvalue weighted by Gasteiger charge is -2.05. The normalized spacial score (nSPS) is 9.88. The van der Waals surface area contributed by atoms with Gasteiger partial charge < -0.3 is 10.6 Å². The Hall–Kier alpha value is -1.95. The molecule has 0 bridgehead atoms. The number of amides is 1. The van der Waals surface area contributed by atoms with Gasteiger partial charge in [-0.15, -0.1) is 11.3 Å². The number of thiophene rings is 1. The molecule has 1 amide bonds. The van der Waals surface area contributed by atoms with Gasteiger partial charge in [0.15, 0.2) is 0 Å². The zero-order valence-corrected chi connectivity index (χ0v) is 9.91. The van der Waals surface area contributed by atoms with Crippen molar-refractivity contribution in [1.82, 2.24) is 15.3 Å². The molecule has 2 aromatic heterocycles. The second kappa shape index (κ2) is 5.95. The van der Waals surface area contributed by atoms with Crippen LogP contribution < -0.4 is 10.6 Å². The molecule has 0 aromatic carbocycles. The maximum absolute atomic E-state index is 11.6. The molecular formula is C11H12N4OS. The first-order chi connectivity index (χ1) is 8.36. The summed E-state index contributed by atoms with van der Waals surface area (Å²) in [6, 6.07) is 3.66. The Morgan fingerprint density at radius 1 is 1.35 bits per heavy atom. The van der Waals surface area contributed by atoms with Crippen LogP contribution in [0.5, 0.6) is 0 Å². The third-order valence-corrected chi connectivity index (χ3v) is 2.89. The molecule has 0 saturated carbocycles. The third-order valence-electron chi connectivity index (χ3n) is 2.02. The van der Waals surface area contributed by atoms with Gasteiger partial charge in [-0.25, -0.2) is 4.98 Å². The molecule has 2 aromatic rings. The van der Waals surface area contributed by atoms with Crippen LogP contribution in [0.4, 0.5) is 5.82 Å². The van der Waals surface area contributed by atoms with Crippen molar-refractivity contribution in [3.05, 3.63) is 41.0 Å². The molecule has 0 spiro atoms. The minimum atomic E-state index is -0.0408. The van der Waals surface area contributed by atoms with Gasteiger partial charge in [-0.3, -0.25) is 9.78 Å². The summed E-state index contributed by atoms with van der Waals surface area (Å²) in [6.45, 7) is 1.17. The molecule has 0 aliphatic heterocycles. The molecule has 6 heteroatoms. The fraction of sp³-hybridized carbons (Fsp3) is 0.182. The largest absolute Gasteiger partial charge is 0.367 e. The van der Waals surface area contributed by atoms with Gasteiger partial charge in [0.1, 0.15) is 5.82 Å². The Bertz CT molecular complexity index is 458. The van der Waals surface area contributed by atoms with Crippen molar-refractivity contribution in [2.75, 3.05) is 18.4 Å². The van der Waals surface area contributed by atoms with Crippen LogP contribution in [0.1, 0.15) is 9.67 Å². The Morgan fingerprint density at radius 3 is 3.00 bits per heavy atom. The molecule has 0 saturated heterocycles. The van der Waals surface area contributed by atoms with Gasteiger partial charge in [-0.1, -0.05) is 6.07 Å². The molecule has 0 fully saturated rings. The van der Waals surface area contributed by atoms with Crippen molar-refractivity contribution in [3.63, 3.8) is 0 Å². The highest BCUT2D eigenvalue weighted by Crippen LogP contribution is 2.07. The number of carbonyl (C=O) groups is 1. The van der Waals surface area contributed by atoms with Crippen LogP contribution in [0.25, 0.3) is 0 Å². The number of carbonyl (C=O) groups excluding carboxylic acids is 1. The molecule has 2 N–H and O–H groups in total. The smallest absolute Gasteiger partial charge is 0.261 e. The molecule has 0 aliphatic rings. The van der Waals surface area contributed by atoms with Crippen LogP contribution in [0, 0.1) is 0 Å². The zero-order chi connectivity index (χ0) is 11.9. The lowest BCUT2D eigenvalue weighted by Crippen LogP contribution is -2.28. The topological polar surface area (TPSA) is 66.9 Å². The minimum Gasteiger partial charge on any atom is -0.367 e. The van der Waals surface area contributed by atoms with Gasteiger partial charge in [0, 0.05) is 25.5 Å². The Kier molecular flexibility index (Phi) is 4.04. The van der Waals surface area contributed by atoms with Crippen LogP contribution >= 0.6 is 11.3 Å². The number of hydrogen-bond donors (Lipinski definition) is 2. The van der Waals surface area contributed by atoms with Crippen LogP contribution in [0.2, 0.25) is 0 Å². The number of rotatable bonds is 5. The zero-order valence-electron chi connectivity index (χ0n) is 9.09. The van der Waals surface area contributed by atoms with Gasteiger partial charge >= 0.3 is 0 Å². The summed E-state index contributed by atoms with van der Waals surface area (Å²) in [5.41, 5.74) is 0. The van der Waals surface area contributed by atoms with E-state index < -0.39 is 0 Å². The lowest BCUT2D eigenvalue weighted by molar-refractivity contribution is 0.0959. The first-order valence-electron chi connectivity index (χ1n) is 5.18. The first-order valence-corrected chi connectivity index (χ1v) is 6.06. The second-order valence-corrected chi connectivity index (χ2v) is 4.20. The summed E-state index contributed by atoms with van der Waals surface area (Å²) in [5.74, 6) is 0.666. The minimum absolute atomic E-state index is 0.0408. The van der Waals surface area contributed by atoms with E-state index in [4.69, 9.17) is 0 Å². The quantitative estimate of drug-likeness (QED) is 0.784. The predicted octanol–water partition coefficient (Wildman–Crippen LogP) is 1.38. The molecule has 0 radical (unpaired) electrons. The van der Waals surface area contributed by atoms with Crippen molar-refractivity contribution in [3.8, 4) is 0 Å². The third kappa shape index (κ3) is 3.53. The molecular weight excluding hydrogens is 236 g/mol. The van der Waals surface area contributed by atoms with E-state index in [1.807, 2.05) is 11.4 Å². The van der Waals surface area contributed by atoms with Gasteiger partial charge in [0.25, 0.3) is 5.91 Å². The van der Waals surface area contributed by atoms with Gasteiger partial charge in [-0.05, 0) is 11.4 Å². The number of aromatic nitrogens is 2. The van der Waals surface area contributed by atoms with E-state index in [1.54, 1.807) is 24.7 Å². The Labute approximate surface area is 103 Å². The summed E-state index contributed by atoms with van der Waals surface area (Å²) in [6.07, 6.45) is 4.87. The summed E-state index contributed by atoms with van der Waals surface area (Å²) >= 11 is 1.43. The fourth-order valence-corrected chi connectivity index (χ4v) is 1.89. The van der Waals surface area contributed by atoms with Crippen LogP contribution in [0.3, 0.4) is 0 Å². The van der Waals surface area contributed by atoms with E-state index in [-0.39, 0.29) is 5.91 Å². The van der Waals surface area contributed by atoms with E-state index in [9.17, 15) is 4.79 Å². The molecule has 17 heavy (non-hydrogen) atoms. The highest BCUT2D eigenvalue weighted by Gasteiger charge is 2.04. The van der Waals surface area contributed by atoms with E-state index in [1.165, 1.54) is 11.3 Å². The van der Waals surface area contributed by atoms with Gasteiger partial charge in [0.2, 0.25) is 0 Å². The van der Waals surface area contributed by atoms with Gasteiger partial charge in [-0.2, -0.15) is 0 Å². The summed E-state index contributed by atoms with van der Waals surface area (Å²) in [7, 11) is 0. The maximum atomic E-state index is 11.6. The number of nitrogens with zero attached hydrogens (tertiary/aromatic N) is 2. The summed E-state index contributed by atoms with van der Waals surface area (Å²) in [5, 5.41) is 7.76. The highest BCUT2D eigenvalue weighted by molar-refractivity contribution is 7.12. The summed E-state index contributed by atoms with van der Waals surface area (Å²) < 4.78 is 0. The first kappa shape index (κ1) is 11.5. The Morgan fingerprint density at radius 2 is 2.29 bits per heavy atom. The van der Waals surface area contributed by atoms with Crippen LogP contribution in [-0.4, -0.2) is 29.0 Å². The highest BCUT2D eigenvalue weighted by atomic mass is 32.1. The average Bonchev–Trinajstić information content (AvgIpc) is 2.89. The number of anilines is 1. The number of nitrogens with one attached hydrogen (secondary N) is 2. The van der Waals surface area contributed by atoms with Crippen molar-refractivity contribution in [2.24, 2.45) is 0 Å². The molecule has 0 unspecified atom stereocenters. The predicted molar refractivity (Wildman–Crippen MR) is 67.2 cm³/mol. The van der Waals surface area contributed by atoms with Crippen molar-refractivity contribution in [2.45, 2.75) is 0 Å². The molecule has 2 rings (SSSR count). The Balaban J connectivity index is 1.69. The molecule has 5 nitrogen and oxygen atoms in total. The summed E-state index contributed by atoms with van der Waals surface area (Å²) in [4.78, 5) is 20.3. The second-order valence-electron chi connectivity index (χ2n) is 3.25. The standard InChI is InChI=1S/C11H12N4OS/c16-11(9-2-1-7-17-9)15-6-5-14-10-8-12-3-4-13-10/h1-4,7-8H,5-6H2,(H,13,14)(H,15,16). The van der Waals surface area contributed by atoms with E-state index in [2.05, 4.69) is 20.6 Å². The van der Waals surface area contributed by atoms with E-state index in [0.29, 0.717) is 18.9 Å². The molecule has 88 valence electrons. The average molecular weight is 248 g/mol. The molecule has 0 atom stereocenters. The maximum Gasteiger partial charge on any atom is 0.261 e. The van der Waals surface area contributed by atoms with Crippen molar-refractivity contribution >= 4 is 23.1 Å². The molecule has 0 aliphatic carbocycles. The molecule has 2 heterocycles. The number of hydrogen-bond acceptors (Lipinski definition) is 5. The van der Waals surface area contributed by atoms with Crippen LogP contribution in [0.15, 0.2) is 36.1 Å². The lowest BCUT2D eigenvalue weighted by atomic mass is 10.4. The van der Waals surface area contributed by atoms with Gasteiger partial charge in [0.05, 0.1) is 11.1 Å². The van der Waals surface area contributed by atoms with Crippen molar-refractivity contribution < 1.29 is 4.79 Å². The fourth-order valence-electron chi connectivity index (χ4n) is 1.25. The monoisotopic (exact) mass is 248 g/mol. The van der Waals surface area contributed by atoms with E-state index in [0.717, 1.165) is 4.88 Å². The van der Waals surface area contributed by atoms with E-state index >= 15 is 0 Å².